The third-order valence-electron chi connectivity index (χ3n) is 4.44. The molecule has 1 saturated heterocycles. The summed E-state index contributed by atoms with van der Waals surface area (Å²) in [6.07, 6.45) is 2.73. The highest BCUT2D eigenvalue weighted by Gasteiger charge is 2.22. The molecule has 0 unspecified atom stereocenters. The van der Waals surface area contributed by atoms with Gasteiger partial charge >= 0.3 is 6.03 Å². The van der Waals surface area contributed by atoms with E-state index < -0.39 is 9.84 Å². The number of hydrogen-bond acceptors (Lipinski definition) is 8. The Bertz CT molecular complexity index is 997. The van der Waals surface area contributed by atoms with Gasteiger partial charge in [-0.2, -0.15) is 0 Å². The molecule has 0 aromatic carbocycles. The normalized spacial score (nSPS) is 16.9. The van der Waals surface area contributed by atoms with Gasteiger partial charge in [0.15, 0.2) is 15.7 Å². The van der Waals surface area contributed by atoms with Crippen LogP contribution in [0.15, 0.2) is 24.4 Å². The maximum Gasteiger partial charge on any atom is 0.320 e. The first kappa shape index (κ1) is 21.9. The number of nitrogens with zero attached hydrogens (tertiary/aromatic N) is 4. The molecule has 2 aromatic heterocycles. The minimum atomic E-state index is -3.27. The summed E-state index contributed by atoms with van der Waals surface area (Å²) in [6, 6.07) is 4.86. The molecule has 30 heavy (non-hydrogen) atoms. The molecule has 3 rings (SSSR count). The molecule has 11 heteroatoms. The molecule has 0 spiro atoms. The number of carbonyl (C=O) groups is 1. The topological polar surface area (TPSA) is 126 Å². The van der Waals surface area contributed by atoms with E-state index in [2.05, 4.69) is 30.5 Å². The smallest absolute Gasteiger partial charge is 0.320 e. The fourth-order valence-corrected chi connectivity index (χ4v) is 3.78. The minimum absolute atomic E-state index is 0.106. The maximum absolute atomic E-state index is 11.8. The minimum Gasteiger partial charge on any atom is -0.377 e. The van der Waals surface area contributed by atoms with Crippen molar-refractivity contribution < 1.29 is 17.9 Å². The van der Waals surface area contributed by atoms with E-state index in [4.69, 9.17) is 4.74 Å². The zero-order valence-electron chi connectivity index (χ0n) is 17.3. The number of rotatable bonds is 6. The number of sulfone groups is 1. The Kier molecular flexibility index (Phi) is 6.83. The van der Waals surface area contributed by atoms with Gasteiger partial charge in [0, 0.05) is 37.2 Å². The van der Waals surface area contributed by atoms with E-state index in [1.54, 1.807) is 24.4 Å². The molecule has 2 amide bonds. The van der Waals surface area contributed by atoms with Crippen molar-refractivity contribution >= 4 is 27.5 Å². The van der Waals surface area contributed by atoms with Crippen molar-refractivity contribution in [1.29, 1.82) is 0 Å². The van der Waals surface area contributed by atoms with E-state index >= 15 is 0 Å². The van der Waals surface area contributed by atoms with Crippen LogP contribution in [0.25, 0.3) is 11.4 Å². The van der Waals surface area contributed by atoms with Gasteiger partial charge in [0.05, 0.1) is 30.7 Å². The van der Waals surface area contributed by atoms with E-state index in [-0.39, 0.29) is 17.8 Å². The number of amides is 2. The lowest BCUT2D eigenvalue weighted by molar-refractivity contribution is 0.0985. The molecule has 1 aliphatic rings. The molecule has 0 radical (unpaired) electrons. The standard InChI is InChI=1S/C19H26N6O4S/c1-4-20-19(26)23-16-6-5-14(10-21-16)18-22-15(12-30(3,27)28)9-17(24-18)25-7-8-29-11-13(25)2/h5-6,9-10,13H,4,7-8,11-12H2,1-3H3,(H2,20,21,23,26)/t13-/m0/s1. The highest BCUT2D eigenvalue weighted by molar-refractivity contribution is 7.89. The van der Waals surface area contributed by atoms with Crippen LogP contribution in [0, 0.1) is 0 Å². The van der Waals surface area contributed by atoms with Crippen molar-refractivity contribution in [3.63, 3.8) is 0 Å². The first-order chi connectivity index (χ1) is 14.2. The van der Waals surface area contributed by atoms with Gasteiger partial charge in [-0.15, -0.1) is 0 Å². The number of ether oxygens (including phenoxy) is 1. The largest absolute Gasteiger partial charge is 0.377 e. The Morgan fingerprint density at radius 3 is 2.77 bits per heavy atom. The van der Waals surface area contributed by atoms with Crippen LogP contribution in [0.4, 0.5) is 16.4 Å². The zero-order chi connectivity index (χ0) is 21.7. The van der Waals surface area contributed by atoms with Crippen molar-refractivity contribution in [3.05, 3.63) is 30.1 Å². The summed E-state index contributed by atoms with van der Waals surface area (Å²) in [7, 11) is -3.27. The molecule has 10 nitrogen and oxygen atoms in total. The lowest BCUT2D eigenvalue weighted by Crippen LogP contribution is -2.44. The van der Waals surface area contributed by atoms with E-state index in [0.717, 1.165) is 0 Å². The van der Waals surface area contributed by atoms with Gasteiger partial charge in [-0.05, 0) is 26.0 Å². The van der Waals surface area contributed by atoms with Crippen molar-refractivity contribution in [2.45, 2.75) is 25.6 Å². The molecule has 1 aliphatic heterocycles. The fraction of sp³-hybridized carbons (Fsp3) is 0.474. The number of urea groups is 1. The number of hydrogen-bond donors (Lipinski definition) is 2. The van der Waals surface area contributed by atoms with Gasteiger partial charge < -0.3 is 15.0 Å². The molecular formula is C19H26N6O4S. The van der Waals surface area contributed by atoms with Gasteiger partial charge in [0.2, 0.25) is 0 Å². The Labute approximate surface area is 176 Å². The van der Waals surface area contributed by atoms with Gasteiger partial charge in [0.25, 0.3) is 0 Å². The van der Waals surface area contributed by atoms with Crippen molar-refractivity contribution in [1.82, 2.24) is 20.3 Å². The lowest BCUT2D eigenvalue weighted by atomic mass is 10.2. The van der Waals surface area contributed by atoms with Gasteiger partial charge in [-0.3, -0.25) is 5.32 Å². The monoisotopic (exact) mass is 434 g/mol. The van der Waals surface area contributed by atoms with Crippen LogP contribution in [0.3, 0.4) is 0 Å². The summed E-state index contributed by atoms with van der Waals surface area (Å²) in [5, 5.41) is 5.26. The van der Waals surface area contributed by atoms with Crippen LogP contribution in [-0.4, -0.2) is 68.0 Å². The van der Waals surface area contributed by atoms with Crippen molar-refractivity contribution in [3.8, 4) is 11.4 Å². The van der Waals surface area contributed by atoms with Crippen molar-refractivity contribution in [2.75, 3.05) is 42.8 Å². The molecule has 0 aliphatic carbocycles. The quantitative estimate of drug-likeness (QED) is 0.700. The number of nitrogens with one attached hydrogen (secondary N) is 2. The number of pyridine rings is 1. The average Bonchev–Trinajstić information content (AvgIpc) is 2.67. The summed E-state index contributed by atoms with van der Waals surface area (Å²) in [5.41, 5.74) is 1.04. The van der Waals surface area contributed by atoms with Crippen LogP contribution >= 0.6 is 0 Å². The lowest BCUT2D eigenvalue weighted by Gasteiger charge is -2.34. The number of anilines is 2. The highest BCUT2D eigenvalue weighted by atomic mass is 32.2. The molecule has 1 fully saturated rings. The Morgan fingerprint density at radius 2 is 2.13 bits per heavy atom. The van der Waals surface area contributed by atoms with E-state index in [1.165, 1.54) is 6.26 Å². The third kappa shape index (κ3) is 5.86. The van der Waals surface area contributed by atoms with Gasteiger partial charge in [-0.25, -0.2) is 28.2 Å². The first-order valence-corrected chi connectivity index (χ1v) is 11.7. The summed E-state index contributed by atoms with van der Waals surface area (Å²) in [4.78, 5) is 27.0. The number of aromatic nitrogens is 3. The maximum atomic E-state index is 11.8. The molecule has 2 aromatic rings. The average molecular weight is 435 g/mol. The third-order valence-corrected chi connectivity index (χ3v) is 5.26. The predicted molar refractivity (Wildman–Crippen MR) is 114 cm³/mol. The molecule has 2 N–H and O–H groups in total. The second kappa shape index (κ2) is 9.35. The summed E-state index contributed by atoms with van der Waals surface area (Å²) < 4.78 is 29.2. The molecule has 3 heterocycles. The molecular weight excluding hydrogens is 408 g/mol. The van der Waals surface area contributed by atoms with Crippen LogP contribution in [0.5, 0.6) is 0 Å². The molecule has 162 valence electrons. The number of morpholine rings is 1. The summed E-state index contributed by atoms with van der Waals surface area (Å²) in [6.45, 7) is 6.16. The Hall–Kier alpha value is -2.79. The first-order valence-electron chi connectivity index (χ1n) is 9.66. The van der Waals surface area contributed by atoms with Crippen LogP contribution in [0.1, 0.15) is 19.5 Å². The van der Waals surface area contributed by atoms with E-state index in [1.807, 2.05) is 13.8 Å². The molecule has 1 atom stereocenters. The Balaban J connectivity index is 1.93. The second-order valence-electron chi connectivity index (χ2n) is 7.15. The van der Waals surface area contributed by atoms with Crippen LogP contribution in [-0.2, 0) is 20.3 Å². The second-order valence-corrected chi connectivity index (χ2v) is 9.29. The van der Waals surface area contributed by atoms with E-state index in [9.17, 15) is 13.2 Å². The SMILES string of the molecule is CCNC(=O)Nc1ccc(-c2nc(CS(C)(=O)=O)cc(N3CCOC[C@@H]3C)n2)cn1. The predicted octanol–water partition coefficient (Wildman–Crippen LogP) is 1.45. The summed E-state index contributed by atoms with van der Waals surface area (Å²) in [5.74, 6) is 1.23. The van der Waals surface area contributed by atoms with Gasteiger partial charge in [-0.1, -0.05) is 0 Å². The van der Waals surface area contributed by atoms with Crippen LogP contribution in [0.2, 0.25) is 0 Å². The molecule has 0 saturated carbocycles. The zero-order valence-corrected chi connectivity index (χ0v) is 18.1. The highest BCUT2D eigenvalue weighted by Crippen LogP contribution is 2.24. The Morgan fingerprint density at radius 1 is 1.33 bits per heavy atom. The van der Waals surface area contributed by atoms with Gasteiger partial charge in [0.1, 0.15) is 11.6 Å². The van der Waals surface area contributed by atoms with Crippen LogP contribution < -0.4 is 15.5 Å². The summed E-state index contributed by atoms with van der Waals surface area (Å²) >= 11 is 0. The molecule has 0 bridgehead atoms. The van der Waals surface area contributed by atoms with E-state index in [0.29, 0.717) is 55.0 Å². The number of carbonyl (C=O) groups excluding carboxylic acids is 1. The fourth-order valence-electron chi connectivity index (χ4n) is 3.09. The van der Waals surface area contributed by atoms with Crippen molar-refractivity contribution in [2.24, 2.45) is 0 Å².